The zero-order chi connectivity index (χ0) is 24.1. The smallest absolute Gasteiger partial charge is 0.244 e. The number of amides is 1. The summed E-state index contributed by atoms with van der Waals surface area (Å²) in [5.41, 5.74) is 2.87. The Hall–Kier alpha value is -4.27. The van der Waals surface area contributed by atoms with E-state index in [1.54, 1.807) is 33.3 Å². The van der Waals surface area contributed by atoms with Crippen molar-refractivity contribution in [2.24, 2.45) is 0 Å². The van der Waals surface area contributed by atoms with Gasteiger partial charge in [-0.2, -0.15) is 4.80 Å². The third-order valence-corrected chi connectivity index (χ3v) is 5.36. The van der Waals surface area contributed by atoms with Gasteiger partial charge in [0, 0.05) is 5.56 Å². The number of aromatic nitrogens is 4. The Labute approximate surface area is 196 Å². The van der Waals surface area contributed by atoms with Crippen LogP contribution >= 0.6 is 0 Å². The summed E-state index contributed by atoms with van der Waals surface area (Å²) in [6, 6.07) is 19.1. The molecule has 4 rings (SSSR count). The fraction of sp³-hybridized carbons (Fsp3) is 0.200. The molecule has 0 saturated carbocycles. The summed E-state index contributed by atoms with van der Waals surface area (Å²) in [5, 5.41) is 15.3. The van der Waals surface area contributed by atoms with E-state index in [1.165, 1.54) is 10.9 Å². The molecule has 0 aliphatic rings. The Kier molecular flexibility index (Phi) is 6.82. The first-order chi connectivity index (χ1) is 16.5. The highest BCUT2D eigenvalue weighted by Gasteiger charge is 2.19. The van der Waals surface area contributed by atoms with Crippen LogP contribution in [0.25, 0.3) is 11.4 Å². The fourth-order valence-electron chi connectivity index (χ4n) is 3.50. The number of halogens is 1. The SMILES string of the molecule is COc1ccc(C(NC(=O)Cn2nnc(-c3ccc(F)c(C)c3)n2)c2ccc(OC)cc2)cc1. The second kappa shape index (κ2) is 10.1. The molecule has 0 radical (unpaired) electrons. The second-order valence-corrected chi connectivity index (χ2v) is 7.65. The predicted octanol–water partition coefficient (Wildman–Crippen LogP) is 3.71. The quantitative estimate of drug-likeness (QED) is 0.430. The summed E-state index contributed by atoms with van der Waals surface area (Å²) in [5.74, 6) is 1.16. The largest absolute Gasteiger partial charge is 0.497 e. The van der Waals surface area contributed by atoms with Gasteiger partial charge in [-0.05, 0) is 71.3 Å². The third-order valence-electron chi connectivity index (χ3n) is 5.36. The number of hydrogen-bond acceptors (Lipinski definition) is 6. The highest BCUT2D eigenvalue weighted by molar-refractivity contribution is 5.76. The van der Waals surface area contributed by atoms with Crippen LogP contribution in [0.1, 0.15) is 22.7 Å². The van der Waals surface area contributed by atoms with Gasteiger partial charge in [0.05, 0.1) is 20.3 Å². The number of aryl methyl sites for hydroxylation is 1. The van der Waals surface area contributed by atoms with Crippen molar-refractivity contribution >= 4 is 5.91 Å². The normalized spacial score (nSPS) is 10.9. The fourth-order valence-corrected chi connectivity index (χ4v) is 3.50. The molecule has 8 nitrogen and oxygen atoms in total. The van der Waals surface area contributed by atoms with E-state index < -0.39 is 6.04 Å². The number of rotatable bonds is 8. The zero-order valence-corrected chi connectivity index (χ0v) is 19.0. The zero-order valence-electron chi connectivity index (χ0n) is 19.0. The van der Waals surface area contributed by atoms with E-state index >= 15 is 0 Å². The van der Waals surface area contributed by atoms with Crippen LogP contribution in [-0.2, 0) is 11.3 Å². The van der Waals surface area contributed by atoms with Gasteiger partial charge >= 0.3 is 0 Å². The lowest BCUT2D eigenvalue weighted by Gasteiger charge is -2.20. The maximum absolute atomic E-state index is 13.5. The minimum absolute atomic E-state index is 0.129. The molecule has 1 heterocycles. The van der Waals surface area contributed by atoms with E-state index in [4.69, 9.17) is 9.47 Å². The van der Waals surface area contributed by atoms with Gasteiger partial charge in [-0.25, -0.2) is 4.39 Å². The molecule has 0 atom stereocenters. The van der Waals surface area contributed by atoms with E-state index in [1.807, 2.05) is 48.5 Å². The van der Waals surface area contributed by atoms with E-state index in [2.05, 4.69) is 20.7 Å². The molecule has 0 aliphatic carbocycles. The Balaban J connectivity index is 1.53. The molecule has 4 aromatic rings. The molecule has 0 fully saturated rings. The minimum Gasteiger partial charge on any atom is -0.497 e. The van der Waals surface area contributed by atoms with Gasteiger partial charge in [0.15, 0.2) is 0 Å². The lowest BCUT2D eigenvalue weighted by atomic mass is 9.98. The van der Waals surface area contributed by atoms with Gasteiger partial charge in [0.1, 0.15) is 23.9 Å². The molecular formula is C25H24FN5O3. The van der Waals surface area contributed by atoms with Crippen LogP contribution in [0.4, 0.5) is 4.39 Å². The lowest BCUT2D eigenvalue weighted by molar-refractivity contribution is -0.122. The van der Waals surface area contributed by atoms with E-state index in [-0.39, 0.29) is 18.3 Å². The first-order valence-electron chi connectivity index (χ1n) is 10.6. The Morgan fingerprint density at radius 3 is 2.09 bits per heavy atom. The van der Waals surface area contributed by atoms with Gasteiger partial charge in [-0.1, -0.05) is 24.3 Å². The van der Waals surface area contributed by atoms with Crippen molar-refractivity contribution in [2.75, 3.05) is 14.2 Å². The summed E-state index contributed by atoms with van der Waals surface area (Å²) < 4.78 is 24.0. The monoisotopic (exact) mass is 461 g/mol. The highest BCUT2D eigenvalue weighted by atomic mass is 19.1. The summed E-state index contributed by atoms with van der Waals surface area (Å²) in [6.07, 6.45) is 0. The van der Waals surface area contributed by atoms with Crippen LogP contribution in [0.5, 0.6) is 11.5 Å². The first kappa shape index (κ1) is 22.9. The van der Waals surface area contributed by atoms with Crippen molar-refractivity contribution in [3.63, 3.8) is 0 Å². The molecule has 34 heavy (non-hydrogen) atoms. The van der Waals surface area contributed by atoms with E-state index in [0.717, 1.165) is 22.6 Å². The second-order valence-electron chi connectivity index (χ2n) is 7.65. The molecule has 0 aliphatic heterocycles. The molecule has 1 aromatic heterocycles. The van der Waals surface area contributed by atoms with Gasteiger partial charge in [0.25, 0.3) is 0 Å². The Morgan fingerprint density at radius 2 is 1.56 bits per heavy atom. The van der Waals surface area contributed by atoms with Gasteiger partial charge in [0.2, 0.25) is 11.7 Å². The summed E-state index contributed by atoms with van der Waals surface area (Å²) in [4.78, 5) is 14.1. The van der Waals surface area contributed by atoms with Crippen molar-refractivity contribution in [3.8, 4) is 22.9 Å². The van der Waals surface area contributed by atoms with Gasteiger partial charge in [-0.15, -0.1) is 10.2 Å². The average molecular weight is 461 g/mol. The van der Waals surface area contributed by atoms with Gasteiger partial charge in [-0.3, -0.25) is 4.79 Å². The third kappa shape index (κ3) is 5.20. The van der Waals surface area contributed by atoms with E-state index in [0.29, 0.717) is 17.0 Å². The molecule has 0 unspecified atom stereocenters. The first-order valence-corrected chi connectivity index (χ1v) is 10.6. The number of benzene rings is 3. The van der Waals surface area contributed by atoms with Crippen LogP contribution in [0.3, 0.4) is 0 Å². The molecule has 174 valence electrons. The summed E-state index contributed by atoms with van der Waals surface area (Å²) >= 11 is 0. The van der Waals surface area contributed by atoms with Crippen molar-refractivity contribution in [1.82, 2.24) is 25.5 Å². The standard InChI is InChI=1S/C25H24FN5O3/c1-16-14-19(8-13-22(16)26)25-28-30-31(29-25)15-23(32)27-24(17-4-9-20(33-2)10-5-17)18-6-11-21(34-3)12-7-18/h4-14,24H,15H2,1-3H3,(H,27,32). The van der Waals surface area contributed by atoms with Crippen LogP contribution < -0.4 is 14.8 Å². The van der Waals surface area contributed by atoms with E-state index in [9.17, 15) is 9.18 Å². The van der Waals surface area contributed by atoms with Crippen molar-refractivity contribution in [3.05, 3.63) is 89.2 Å². The molecule has 0 spiro atoms. The maximum atomic E-state index is 13.5. The van der Waals surface area contributed by atoms with Crippen molar-refractivity contribution < 1.29 is 18.7 Å². The van der Waals surface area contributed by atoms with Crippen molar-refractivity contribution in [1.29, 1.82) is 0 Å². The maximum Gasteiger partial charge on any atom is 0.244 e. The van der Waals surface area contributed by atoms with Crippen LogP contribution in [0.2, 0.25) is 0 Å². The molecule has 3 aromatic carbocycles. The average Bonchev–Trinajstić information content (AvgIpc) is 3.33. The van der Waals surface area contributed by atoms with Crippen molar-refractivity contribution in [2.45, 2.75) is 19.5 Å². The van der Waals surface area contributed by atoms with Crippen LogP contribution in [0.15, 0.2) is 66.7 Å². The number of hydrogen-bond donors (Lipinski definition) is 1. The number of carbonyl (C=O) groups is 1. The Bertz CT molecular complexity index is 1230. The highest BCUT2D eigenvalue weighted by Crippen LogP contribution is 2.26. The molecule has 0 saturated heterocycles. The van der Waals surface area contributed by atoms with Crippen LogP contribution in [0, 0.1) is 12.7 Å². The lowest BCUT2D eigenvalue weighted by Crippen LogP contribution is -2.32. The molecular weight excluding hydrogens is 437 g/mol. The minimum atomic E-state index is -0.410. The number of carbonyl (C=O) groups excluding carboxylic acids is 1. The number of methoxy groups -OCH3 is 2. The van der Waals surface area contributed by atoms with Crippen LogP contribution in [-0.4, -0.2) is 40.3 Å². The molecule has 1 amide bonds. The Morgan fingerprint density at radius 1 is 0.971 bits per heavy atom. The number of tetrazole rings is 1. The number of nitrogens with one attached hydrogen (secondary N) is 1. The molecule has 0 bridgehead atoms. The predicted molar refractivity (Wildman–Crippen MR) is 124 cm³/mol. The summed E-state index contributed by atoms with van der Waals surface area (Å²) in [6.45, 7) is 1.53. The topological polar surface area (TPSA) is 91.2 Å². The molecule has 9 heteroatoms. The number of ether oxygens (including phenoxy) is 2. The summed E-state index contributed by atoms with van der Waals surface area (Å²) in [7, 11) is 3.20. The van der Waals surface area contributed by atoms with Gasteiger partial charge < -0.3 is 14.8 Å². The number of nitrogens with zero attached hydrogens (tertiary/aromatic N) is 4. The molecule has 1 N–H and O–H groups in total.